The van der Waals surface area contributed by atoms with Crippen molar-refractivity contribution in [1.82, 2.24) is 5.32 Å². The number of anilines is 1. The quantitative estimate of drug-likeness (QED) is 0.911. The highest BCUT2D eigenvalue weighted by atomic mass is 35.5. The van der Waals surface area contributed by atoms with Crippen LogP contribution in [0.4, 0.5) is 5.69 Å². The van der Waals surface area contributed by atoms with Crippen molar-refractivity contribution in [2.75, 3.05) is 4.90 Å². The number of benzene rings is 1. The Morgan fingerprint density at radius 1 is 1.40 bits per heavy atom. The molecule has 2 amide bonds. The second kappa shape index (κ2) is 5.09. The van der Waals surface area contributed by atoms with E-state index in [1.54, 1.807) is 19.9 Å². The zero-order chi connectivity index (χ0) is 15.1. The number of amides is 2. The van der Waals surface area contributed by atoms with Crippen LogP contribution in [0.15, 0.2) is 18.2 Å². The van der Waals surface area contributed by atoms with Crippen molar-refractivity contribution in [3.8, 4) is 0 Å². The van der Waals surface area contributed by atoms with Crippen molar-refractivity contribution in [1.29, 1.82) is 0 Å². The number of nitrogens with zero attached hydrogens (tertiary/aromatic N) is 1. The summed E-state index contributed by atoms with van der Waals surface area (Å²) in [6, 6.07) is 4.90. The van der Waals surface area contributed by atoms with Crippen LogP contribution >= 0.6 is 11.6 Å². The van der Waals surface area contributed by atoms with Crippen LogP contribution in [0.2, 0.25) is 5.02 Å². The molecule has 1 saturated heterocycles. The van der Waals surface area contributed by atoms with E-state index < -0.39 is 11.6 Å². The molecule has 1 aliphatic heterocycles. The summed E-state index contributed by atoms with van der Waals surface area (Å²) in [4.78, 5) is 26.4. The van der Waals surface area contributed by atoms with E-state index in [1.165, 1.54) is 4.90 Å². The molecule has 0 bridgehead atoms. The van der Waals surface area contributed by atoms with Crippen molar-refractivity contribution in [3.63, 3.8) is 0 Å². The third-order valence-corrected chi connectivity index (χ3v) is 4.24. The molecule has 2 unspecified atom stereocenters. The van der Waals surface area contributed by atoms with E-state index in [1.807, 2.05) is 26.0 Å². The minimum atomic E-state index is -0.878. The maximum atomic E-state index is 12.8. The molecule has 0 spiro atoms. The minimum absolute atomic E-state index is 0.125. The Morgan fingerprint density at radius 2 is 2.05 bits per heavy atom. The topological polar surface area (TPSA) is 49.4 Å². The van der Waals surface area contributed by atoms with E-state index >= 15 is 0 Å². The monoisotopic (exact) mass is 294 g/mol. The fraction of sp³-hybridized carbons (Fsp3) is 0.467. The van der Waals surface area contributed by atoms with Crippen molar-refractivity contribution < 1.29 is 9.59 Å². The van der Waals surface area contributed by atoms with Crippen LogP contribution in [0.5, 0.6) is 0 Å². The Balaban J connectivity index is 2.54. The van der Waals surface area contributed by atoms with Gasteiger partial charge in [-0.25, -0.2) is 0 Å². The highest BCUT2D eigenvalue weighted by Crippen LogP contribution is 2.33. The summed E-state index contributed by atoms with van der Waals surface area (Å²) in [6.45, 7) is 7.26. The van der Waals surface area contributed by atoms with Gasteiger partial charge in [0, 0.05) is 0 Å². The van der Waals surface area contributed by atoms with Crippen LogP contribution in [-0.4, -0.2) is 23.4 Å². The lowest BCUT2D eigenvalue weighted by Crippen LogP contribution is -2.68. The average Bonchev–Trinajstić information content (AvgIpc) is 2.41. The van der Waals surface area contributed by atoms with Gasteiger partial charge in [-0.15, -0.1) is 0 Å². The Labute approximate surface area is 124 Å². The van der Waals surface area contributed by atoms with E-state index in [-0.39, 0.29) is 11.8 Å². The normalized spacial score (nSPS) is 26.6. The number of carbonyl (C=O) groups excluding carboxylic acids is 2. The summed E-state index contributed by atoms with van der Waals surface area (Å²) in [5.41, 5.74) is 0.712. The average molecular weight is 295 g/mol. The van der Waals surface area contributed by atoms with Gasteiger partial charge in [0.1, 0.15) is 11.6 Å². The number of piperazine rings is 1. The van der Waals surface area contributed by atoms with Crippen molar-refractivity contribution >= 4 is 29.1 Å². The third kappa shape index (κ3) is 2.29. The second-order valence-electron chi connectivity index (χ2n) is 5.48. The van der Waals surface area contributed by atoms with Gasteiger partial charge < -0.3 is 5.32 Å². The van der Waals surface area contributed by atoms with Crippen LogP contribution < -0.4 is 10.2 Å². The van der Waals surface area contributed by atoms with Gasteiger partial charge in [-0.3, -0.25) is 14.5 Å². The minimum Gasteiger partial charge on any atom is -0.340 e. The van der Waals surface area contributed by atoms with E-state index in [2.05, 4.69) is 5.32 Å². The zero-order valence-corrected chi connectivity index (χ0v) is 12.9. The number of halogens is 1. The van der Waals surface area contributed by atoms with Crippen LogP contribution in [0.3, 0.4) is 0 Å². The first-order valence-electron chi connectivity index (χ1n) is 6.72. The van der Waals surface area contributed by atoms with Crippen LogP contribution in [0.25, 0.3) is 0 Å². The van der Waals surface area contributed by atoms with Crippen LogP contribution in [0.1, 0.15) is 32.8 Å². The van der Waals surface area contributed by atoms with E-state index in [0.29, 0.717) is 17.1 Å². The van der Waals surface area contributed by atoms with Gasteiger partial charge in [0.2, 0.25) is 5.91 Å². The molecular formula is C15H19ClN2O2. The molecule has 1 aromatic rings. The fourth-order valence-electron chi connectivity index (χ4n) is 2.35. The predicted molar refractivity (Wildman–Crippen MR) is 80.0 cm³/mol. The summed E-state index contributed by atoms with van der Waals surface area (Å²) >= 11 is 6.22. The molecule has 1 aromatic carbocycles. The van der Waals surface area contributed by atoms with Gasteiger partial charge in [-0.2, -0.15) is 0 Å². The molecule has 0 saturated carbocycles. The van der Waals surface area contributed by atoms with Gasteiger partial charge in [-0.1, -0.05) is 24.6 Å². The first kappa shape index (κ1) is 14.9. The molecule has 2 atom stereocenters. The van der Waals surface area contributed by atoms with Crippen molar-refractivity contribution in [2.24, 2.45) is 0 Å². The Morgan fingerprint density at radius 3 is 2.65 bits per heavy atom. The first-order chi connectivity index (χ1) is 9.30. The molecule has 0 radical (unpaired) electrons. The summed E-state index contributed by atoms with van der Waals surface area (Å²) in [5, 5.41) is 3.28. The number of hydrogen-bond acceptors (Lipinski definition) is 2. The molecule has 5 heteroatoms. The van der Waals surface area contributed by atoms with Gasteiger partial charge in [-0.05, 0) is 44.9 Å². The van der Waals surface area contributed by atoms with Gasteiger partial charge in [0.25, 0.3) is 5.91 Å². The SMILES string of the molecule is CCC1(C)NC(=O)C(C)N(c2cc(C)ccc2Cl)C1=O. The lowest BCUT2D eigenvalue weighted by molar-refractivity contribution is -0.137. The lowest BCUT2D eigenvalue weighted by atomic mass is 9.91. The number of hydrogen-bond donors (Lipinski definition) is 1. The largest absolute Gasteiger partial charge is 0.340 e. The number of rotatable bonds is 2. The molecular weight excluding hydrogens is 276 g/mol. The molecule has 1 fully saturated rings. The summed E-state index contributed by atoms with van der Waals surface area (Å²) in [5.74, 6) is -0.286. The van der Waals surface area contributed by atoms with E-state index in [4.69, 9.17) is 11.6 Å². The number of aryl methyl sites for hydroxylation is 1. The number of carbonyl (C=O) groups is 2. The highest BCUT2D eigenvalue weighted by Gasteiger charge is 2.46. The molecule has 4 nitrogen and oxygen atoms in total. The van der Waals surface area contributed by atoms with Gasteiger partial charge in [0.05, 0.1) is 10.7 Å². The Bertz CT molecular complexity index is 573. The van der Waals surface area contributed by atoms with Crippen molar-refractivity contribution in [2.45, 2.75) is 45.7 Å². The van der Waals surface area contributed by atoms with Gasteiger partial charge >= 0.3 is 0 Å². The molecule has 0 aliphatic carbocycles. The van der Waals surface area contributed by atoms with E-state index in [9.17, 15) is 9.59 Å². The standard InChI is InChI=1S/C15H19ClN2O2/c1-5-15(4)14(20)18(10(3)13(19)17-15)12-8-9(2)6-7-11(12)16/h6-8,10H,5H2,1-4H3,(H,17,19). The van der Waals surface area contributed by atoms with Crippen LogP contribution in [-0.2, 0) is 9.59 Å². The molecule has 2 rings (SSSR count). The summed E-state index contributed by atoms with van der Waals surface area (Å²) < 4.78 is 0. The lowest BCUT2D eigenvalue weighted by Gasteiger charge is -2.43. The number of nitrogens with one attached hydrogen (secondary N) is 1. The molecule has 1 aliphatic rings. The molecule has 1 heterocycles. The summed E-state index contributed by atoms with van der Waals surface area (Å²) in [7, 11) is 0. The Kier molecular flexibility index (Phi) is 3.78. The third-order valence-electron chi connectivity index (χ3n) is 3.92. The molecule has 20 heavy (non-hydrogen) atoms. The maximum Gasteiger partial charge on any atom is 0.253 e. The highest BCUT2D eigenvalue weighted by molar-refractivity contribution is 6.34. The molecule has 1 N–H and O–H groups in total. The maximum absolute atomic E-state index is 12.8. The van der Waals surface area contributed by atoms with Crippen molar-refractivity contribution in [3.05, 3.63) is 28.8 Å². The predicted octanol–water partition coefficient (Wildman–Crippen LogP) is 2.67. The zero-order valence-electron chi connectivity index (χ0n) is 12.2. The molecule has 0 aromatic heterocycles. The van der Waals surface area contributed by atoms with Crippen LogP contribution in [0, 0.1) is 6.92 Å². The first-order valence-corrected chi connectivity index (χ1v) is 7.10. The fourth-order valence-corrected chi connectivity index (χ4v) is 2.56. The Hall–Kier alpha value is -1.55. The summed E-state index contributed by atoms with van der Waals surface area (Å²) in [6.07, 6.45) is 0.532. The van der Waals surface area contributed by atoms with E-state index in [0.717, 1.165) is 5.56 Å². The van der Waals surface area contributed by atoms with Gasteiger partial charge in [0.15, 0.2) is 0 Å². The smallest absolute Gasteiger partial charge is 0.253 e. The second-order valence-corrected chi connectivity index (χ2v) is 5.89. The molecule has 108 valence electrons.